The third kappa shape index (κ3) is 3.32. The Labute approximate surface area is 112 Å². The predicted molar refractivity (Wildman–Crippen MR) is 71.2 cm³/mol. The zero-order chi connectivity index (χ0) is 13.7. The van der Waals surface area contributed by atoms with Gasteiger partial charge < -0.3 is 15.0 Å². The van der Waals surface area contributed by atoms with E-state index in [1.54, 1.807) is 18.1 Å². The molecular formula is C14H18N2O3. The number of Topliss-reactive ketones (excluding diaryl/α,β-unsaturated/α-hetero) is 1. The maximum absolute atomic E-state index is 12.0. The fourth-order valence-electron chi connectivity index (χ4n) is 2.14. The smallest absolute Gasteiger partial charge is 0.290 e. The predicted octanol–water partition coefficient (Wildman–Crippen LogP) is 0.239. The lowest BCUT2D eigenvalue weighted by Gasteiger charge is -2.26. The summed E-state index contributed by atoms with van der Waals surface area (Å²) in [5, 5.41) is 3.15. The highest BCUT2D eigenvalue weighted by molar-refractivity contribution is 6.36. The number of carbonyl (C=O) groups excluding carboxylic acids is 2. The number of nitrogens with one attached hydrogen (secondary N) is 1. The van der Waals surface area contributed by atoms with Crippen molar-refractivity contribution in [3.63, 3.8) is 0 Å². The van der Waals surface area contributed by atoms with Crippen LogP contribution in [-0.4, -0.2) is 49.9 Å². The number of rotatable bonds is 4. The van der Waals surface area contributed by atoms with Crippen LogP contribution < -0.4 is 10.1 Å². The van der Waals surface area contributed by atoms with E-state index >= 15 is 0 Å². The monoisotopic (exact) mass is 262 g/mol. The van der Waals surface area contributed by atoms with Crippen molar-refractivity contribution >= 4 is 11.7 Å². The second-order valence-electron chi connectivity index (χ2n) is 4.45. The molecule has 1 heterocycles. The summed E-state index contributed by atoms with van der Waals surface area (Å²) in [6.45, 7) is 2.67. The molecule has 19 heavy (non-hydrogen) atoms. The van der Waals surface area contributed by atoms with E-state index in [1.165, 1.54) is 0 Å². The number of amides is 1. The second kappa shape index (κ2) is 6.33. The minimum atomic E-state index is -0.396. The van der Waals surface area contributed by atoms with Gasteiger partial charge in [-0.3, -0.25) is 9.59 Å². The number of carbonyl (C=O) groups is 2. The molecule has 2 rings (SSSR count). The largest absolute Gasteiger partial charge is 0.496 e. The molecule has 0 spiro atoms. The van der Waals surface area contributed by atoms with Crippen LogP contribution in [0.3, 0.4) is 0 Å². The first-order chi connectivity index (χ1) is 9.22. The Morgan fingerprint density at radius 3 is 2.63 bits per heavy atom. The van der Waals surface area contributed by atoms with E-state index < -0.39 is 5.91 Å². The molecule has 1 aromatic carbocycles. The summed E-state index contributed by atoms with van der Waals surface area (Å²) in [7, 11) is 1.56. The van der Waals surface area contributed by atoms with Gasteiger partial charge in [0, 0.05) is 38.2 Å². The van der Waals surface area contributed by atoms with E-state index in [0.29, 0.717) is 18.8 Å². The summed E-state index contributed by atoms with van der Waals surface area (Å²) in [5.74, 6) is -0.136. The van der Waals surface area contributed by atoms with Gasteiger partial charge in [0.2, 0.25) is 5.78 Å². The molecule has 0 saturated carbocycles. The van der Waals surface area contributed by atoms with Crippen molar-refractivity contribution in [3.8, 4) is 5.75 Å². The molecule has 0 aliphatic carbocycles. The molecule has 1 fully saturated rings. The first-order valence-corrected chi connectivity index (χ1v) is 6.37. The minimum absolute atomic E-state index is 0.0901. The lowest BCUT2D eigenvalue weighted by Crippen LogP contribution is -2.49. The maximum atomic E-state index is 12.0. The fraction of sp³-hybridized carbons (Fsp3) is 0.429. The number of nitrogens with zero attached hydrogens (tertiary/aromatic N) is 1. The number of para-hydroxylation sites is 1. The van der Waals surface area contributed by atoms with Crippen molar-refractivity contribution in [1.29, 1.82) is 0 Å². The van der Waals surface area contributed by atoms with E-state index in [1.807, 2.05) is 18.2 Å². The van der Waals surface area contributed by atoms with Crippen LogP contribution in [0.25, 0.3) is 0 Å². The van der Waals surface area contributed by atoms with Gasteiger partial charge in [0.1, 0.15) is 5.75 Å². The fourth-order valence-corrected chi connectivity index (χ4v) is 2.14. The summed E-state index contributed by atoms with van der Waals surface area (Å²) in [5.41, 5.74) is 0.749. The van der Waals surface area contributed by atoms with Crippen LogP contribution in [-0.2, 0) is 16.0 Å². The average molecular weight is 262 g/mol. The molecule has 0 aromatic heterocycles. The van der Waals surface area contributed by atoms with Crippen LogP contribution >= 0.6 is 0 Å². The van der Waals surface area contributed by atoms with Gasteiger partial charge in [0.05, 0.1) is 7.11 Å². The Morgan fingerprint density at radius 1 is 1.26 bits per heavy atom. The van der Waals surface area contributed by atoms with Gasteiger partial charge in [0.15, 0.2) is 0 Å². The van der Waals surface area contributed by atoms with Gasteiger partial charge in [-0.2, -0.15) is 0 Å². The quantitative estimate of drug-likeness (QED) is 0.790. The van der Waals surface area contributed by atoms with E-state index in [4.69, 9.17) is 4.74 Å². The normalized spacial score (nSPS) is 15.1. The van der Waals surface area contributed by atoms with E-state index in [-0.39, 0.29) is 12.2 Å². The molecule has 102 valence electrons. The van der Waals surface area contributed by atoms with Crippen LogP contribution in [0.2, 0.25) is 0 Å². The summed E-state index contributed by atoms with van der Waals surface area (Å²) in [6.07, 6.45) is 0.0901. The first kappa shape index (κ1) is 13.5. The molecule has 5 nitrogen and oxygen atoms in total. The number of ketones is 1. The molecule has 0 atom stereocenters. The number of hydrogen-bond donors (Lipinski definition) is 1. The van der Waals surface area contributed by atoms with Crippen LogP contribution in [0, 0.1) is 0 Å². The summed E-state index contributed by atoms with van der Waals surface area (Å²) in [4.78, 5) is 25.6. The average Bonchev–Trinajstić information content (AvgIpc) is 2.48. The SMILES string of the molecule is COc1ccccc1CC(=O)C(=O)N1CCNCC1. The molecule has 1 amide bonds. The summed E-state index contributed by atoms with van der Waals surface area (Å²) >= 11 is 0. The van der Waals surface area contributed by atoms with E-state index in [9.17, 15) is 9.59 Å². The molecule has 1 N–H and O–H groups in total. The number of methoxy groups -OCH3 is 1. The molecule has 0 bridgehead atoms. The van der Waals surface area contributed by atoms with Gasteiger partial charge in [-0.05, 0) is 6.07 Å². The number of benzene rings is 1. The Hall–Kier alpha value is -1.88. The third-order valence-electron chi connectivity index (χ3n) is 3.19. The first-order valence-electron chi connectivity index (χ1n) is 6.37. The van der Waals surface area contributed by atoms with Gasteiger partial charge in [-0.25, -0.2) is 0 Å². The highest BCUT2D eigenvalue weighted by Crippen LogP contribution is 2.18. The standard InChI is InChI=1S/C14H18N2O3/c1-19-13-5-3-2-4-11(13)10-12(17)14(18)16-8-6-15-7-9-16/h2-5,15H,6-10H2,1H3. The molecule has 1 aromatic rings. The van der Waals surface area contributed by atoms with E-state index in [2.05, 4.69) is 5.32 Å². The number of hydrogen-bond acceptors (Lipinski definition) is 4. The second-order valence-corrected chi connectivity index (χ2v) is 4.45. The highest BCUT2D eigenvalue weighted by atomic mass is 16.5. The Balaban J connectivity index is 2.01. The Bertz CT molecular complexity index is 468. The van der Waals surface area contributed by atoms with Crippen LogP contribution in [0.15, 0.2) is 24.3 Å². The topological polar surface area (TPSA) is 58.6 Å². The van der Waals surface area contributed by atoms with E-state index in [0.717, 1.165) is 18.7 Å². The zero-order valence-electron chi connectivity index (χ0n) is 11.0. The molecular weight excluding hydrogens is 244 g/mol. The van der Waals surface area contributed by atoms with Crippen molar-refractivity contribution in [2.75, 3.05) is 33.3 Å². The Morgan fingerprint density at radius 2 is 1.95 bits per heavy atom. The van der Waals surface area contributed by atoms with Gasteiger partial charge in [0.25, 0.3) is 5.91 Å². The lowest BCUT2D eigenvalue weighted by molar-refractivity contribution is -0.144. The zero-order valence-corrected chi connectivity index (χ0v) is 11.0. The van der Waals surface area contributed by atoms with Gasteiger partial charge in [-0.1, -0.05) is 18.2 Å². The highest BCUT2D eigenvalue weighted by Gasteiger charge is 2.23. The molecule has 1 aliphatic rings. The van der Waals surface area contributed by atoms with Gasteiger partial charge in [-0.15, -0.1) is 0 Å². The van der Waals surface area contributed by atoms with Crippen LogP contribution in [0.4, 0.5) is 0 Å². The third-order valence-corrected chi connectivity index (χ3v) is 3.19. The van der Waals surface area contributed by atoms with Crippen molar-refractivity contribution in [1.82, 2.24) is 10.2 Å². The van der Waals surface area contributed by atoms with Crippen molar-refractivity contribution in [3.05, 3.63) is 29.8 Å². The lowest BCUT2D eigenvalue weighted by atomic mass is 10.1. The minimum Gasteiger partial charge on any atom is -0.496 e. The van der Waals surface area contributed by atoms with Crippen molar-refractivity contribution < 1.29 is 14.3 Å². The maximum Gasteiger partial charge on any atom is 0.290 e. The molecule has 1 aliphatic heterocycles. The number of ether oxygens (including phenoxy) is 1. The molecule has 0 radical (unpaired) electrons. The number of piperazine rings is 1. The van der Waals surface area contributed by atoms with Crippen molar-refractivity contribution in [2.24, 2.45) is 0 Å². The molecule has 0 unspecified atom stereocenters. The van der Waals surface area contributed by atoms with Crippen molar-refractivity contribution in [2.45, 2.75) is 6.42 Å². The van der Waals surface area contributed by atoms with Crippen LogP contribution in [0.5, 0.6) is 5.75 Å². The summed E-state index contributed by atoms with van der Waals surface area (Å²) < 4.78 is 5.18. The van der Waals surface area contributed by atoms with Gasteiger partial charge >= 0.3 is 0 Å². The molecule has 1 saturated heterocycles. The van der Waals surface area contributed by atoms with Crippen LogP contribution in [0.1, 0.15) is 5.56 Å². The Kier molecular flexibility index (Phi) is 4.52. The summed E-state index contributed by atoms with van der Waals surface area (Å²) in [6, 6.07) is 7.27. The molecule has 5 heteroatoms.